The summed E-state index contributed by atoms with van der Waals surface area (Å²) >= 11 is 0. The van der Waals surface area contributed by atoms with Crippen LogP contribution >= 0.6 is 0 Å². The number of hydrogen-bond donors (Lipinski definition) is 0. The Kier molecular flexibility index (Phi) is 2.10. The van der Waals surface area contributed by atoms with Gasteiger partial charge in [0.15, 0.2) is 0 Å². The monoisotopic (exact) mass is 189 g/mol. The van der Waals surface area contributed by atoms with E-state index in [0.717, 1.165) is 32.4 Å². The molecule has 1 nitrogen and oxygen atoms in total. The number of hydrogen-bond acceptors (Lipinski definition) is 1. The van der Waals surface area contributed by atoms with Crippen molar-refractivity contribution in [1.29, 1.82) is 0 Å². The van der Waals surface area contributed by atoms with Crippen molar-refractivity contribution in [3.05, 3.63) is 0 Å². The van der Waals surface area contributed by atoms with Gasteiger partial charge in [-0.05, 0) is 38.3 Å². The summed E-state index contributed by atoms with van der Waals surface area (Å²) < 4.78 is 25.8. The minimum Gasteiger partial charge on any atom is -0.306 e. The highest BCUT2D eigenvalue weighted by molar-refractivity contribution is 4.94. The Morgan fingerprint density at radius 2 is 1.62 bits per heavy atom. The van der Waals surface area contributed by atoms with Crippen LogP contribution in [0.2, 0.25) is 0 Å². The topological polar surface area (TPSA) is 3.24 Å². The predicted octanol–water partition coefficient (Wildman–Crippen LogP) is 2.52. The fraction of sp³-hybridized carbons (Fsp3) is 1.00. The second-order valence-corrected chi connectivity index (χ2v) is 4.84. The van der Waals surface area contributed by atoms with E-state index in [1.54, 1.807) is 0 Å². The summed E-state index contributed by atoms with van der Waals surface area (Å²) in [6, 6.07) is 0. The van der Waals surface area contributed by atoms with Crippen LogP contribution in [0.4, 0.5) is 8.78 Å². The average molecular weight is 189 g/mol. The van der Waals surface area contributed by atoms with Crippen molar-refractivity contribution in [2.75, 3.05) is 20.1 Å². The lowest BCUT2D eigenvalue weighted by Gasteiger charge is -2.36. The van der Waals surface area contributed by atoms with Crippen molar-refractivity contribution in [2.45, 2.75) is 38.0 Å². The number of rotatable bonds is 0. The Labute approximate surface area is 78.1 Å². The summed E-state index contributed by atoms with van der Waals surface area (Å²) in [7, 11) is 2.08. The zero-order valence-corrected chi connectivity index (χ0v) is 8.15. The normalized spacial score (nSPS) is 32.5. The molecule has 1 aliphatic carbocycles. The standard InChI is InChI=1S/C10H17F2N/c1-13-7-6-9(8-13)2-4-10(11,12)5-3-9/h2-8H2,1H3. The molecule has 1 heterocycles. The molecule has 13 heavy (non-hydrogen) atoms. The van der Waals surface area contributed by atoms with Gasteiger partial charge in [0.25, 0.3) is 0 Å². The predicted molar refractivity (Wildman–Crippen MR) is 48.0 cm³/mol. The van der Waals surface area contributed by atoms with Gasteiger partial charge in [-0.25, -0.2) is 8.78 Å². The summed E-state index contributed by atoms with van der Waals surface area (Å²) in [6.45, 7) is 2.12. The fourth-order valence-electron chi connectivity index (χ4n) is 2.71. The van der Waals surface area contributed by atoms with Crippen molar-refractivity contribution in [3.63, 3.8) is 0 Å². The first kappa shape index (κ1) is 9.38. The summed E-state index contributed by atoms with van der Waals surface area (Å²) in [5, 5.41) is 0. The van der Waals surface area contributed by atoms with Gasteiger partial charge in [-0.1, -0.05) is 0 Å². The van der Waals surface area contributed by atoms with Crippen LogP contribution in [0, 0.1) is 5.41 Å². The first-order valence-electron chi connectivity index (χ1n) is 5.08. The van der Waals surface area contributed by atoms with Crippen LogP contribution in [-0.2, 0) is 0 Å². The molecular weight excluding hydrogens is 172 g/mol. The highest BCUT2D eigenvalue weighted by Crippen LogP contribution is 2.48. The number of halogens is 2. The third kappa shape index (κ3) is 1.85. The Bertz CT molecular complexity index is 193. The molecule has 1 saturated heterocycles. The summed E-state index contributed by atoms with van der Waals surface area (Å²) in [5.41, 5.74) is 0.246. The molecule has 1 spiro atoms. The van der Waals surface area contributed by atoms with Crippen LogP contribution in [0.15, 0.2) is 0 Å². The van der Waals surface area contributed by atoms with Gasteiger partial charge in [0.1, 0.15) is 0 Å². The van der Waals surface area contributed by atoms with E-state index < -0.39 is 5.92 Å². The third-order valence-corrected chi connectivity index (χ3v) is 3.67. The maximum atomic E-state index is 12.9. The lowest BCUT2D eigenvalue weighted by Crippen LogP contribution is -2.34. The SMILES string of the molecule is CN1CCC2(CCC(F)(F)CC2)C1. The second-order valence-electron chi connectivity index (χ2n) is 4.84. The highest BCUT2D eigenvalue weighted by Gasteiger charge is 2.45. The van der Waals surface area contributed by atoms with E-state index >= 15 is 0 Å². The molecule has 3 heteroatoms. The minimum absolute atomic E-state index is 0.112. The van der Waals surface area contributed by atoms with Crippen molar-refractivity contribution < 1.29 is 8.78 Å². The molecule has 0 aromatic heterocycles. The highest BCUT2D eigenvalue weighted by atomic mass is 19.3. The minimum atomic E-state index is -2.37. The Morgan fingerprint density at radius 1 is 1.00 bits per heavy atom. The van der Waals surface area contributed by atoms with Gasteiger partial charge in [-0.3, -0.25) is 0 Å². The van der Waals surface area contributed by atoms with Crippen molar-refractivity contribution >= 4 is 0 Å². The van der Waals surface area contributed by atoms with Crippen LogP contribution < -0.4 is 0 Å². The van der Waals surface area contributed by atoms with Crippen LogP contribution in [0.1, 0.15) is 32.1 Å². The second kappa shape index (κ2) is 2.91. The van der Waals surface area contributed by atoms with E-state index in [9.17, 15) is 8.78 Å². The first-order valence-corrected chi connectivity index (χ1v) is 5.08. The van der Waals surface area contributed by atoms with Crippen molar-refractivity contribution in [3.8, 4) is 0 Å². The van der Waals surface area contributed by atoms with Gasteiger partial charge in [-0.2, -0.15) is 0 Å². The molecule has 0 radical (unpaired) electrons. The van der Waals surface area contributed by atoms with E-state index in [1.807, 2.05) is 0 Å². The molecule has 0 unspecified atom stereocenters. The number of nitrogens with zero attached hydrogens (tertiary/aromatic N) is 1. The van der Waals surface area contributed by atoms with E-state index in [4.69, 9.17) is 0 Å². The van der Waals surface area contributed by atoms with Crippen LogP contribution in [0.5, 0.6) is 0 Å². The molecule has 2 fully saturated rings. The summed E-state index contributed by atoms with van der Waals surface area (Å²) in [5.74, 6) is -2.37. The first-order chi connectivity index (χ1) is 6.02. The molecule has 76 valence electrons. The smallest absolute Gasteiger partial charge is 0.248 e. The van der Waals surface area contributed by atoms with Crippen LogP contribution in [0.25, 0.3) is 0 Å². The molecule has 2 aliphatic rings. The maximum absolute atomic E-state index is 12.9. The zero-order valence-electron chi connectivity index (χ0n) is 8.15. The molecule has 0 N–H and O–H groups in total. The average Bonchev–Trinajstić information content (AvgIpc) is 2.41. The molecule has 0 amide bonds. The lowest BCUT2D eigenvalue weighted by atomic mass is 9.72. The quantitative estimate of drug-likeness (QED) is 0.566. The van der Waals surface area contributed by atoms with Crippen molar-refractivity contribution in [2.24, 2.45) is 5.41 Å². The van der Waals surface area contributed by atoms with E-state index in [1.165, 1.54) is 0 Å². The van der Waals surface area contributed by atoms with Gasteiger partial charge in [0.2, 0.25) is 5.92 Å². The molecule has 2 rings (SSSR count). The zero-order chi connectivity index (χ0) is 9.53. The summed E-state index contributed by atoms with van der Waals surface area (Å²) in [6.07, 6.45) is 2.80. The lowest BCUT2D eigenvalue weighted by molar-refractivity contribution is -0.0645. The van der Waals surface area contributed by atoms with Crippen LogP contribution in [0.3, 0.4) is 0 Å². The molecule has 0 aromatic rings. The summed E-state index contributed by atoms with van der Waals surface area (Å²) in [4.78, 5) is 2.27. The Hall–Kier alpha value is -0.180. The van der Waals surface area contributed by atoms with E-state index in [-0.39, 0.29) is 18.3 Å². The Balaban J connectivity index is 1.97. The van der Waals surface area contributed by atoms with Gasteiger partial charge >= 0.3 is 0 Å². The number of likely N-dealkylation sites (tertiary alicyclic amines) is 1. The van der Waals surface area contributed by atoms with E-state index in [0.29, 0.717) is 0 Å². The van der Waals surface area contributed by atoms with Gasteiger partial charge in [0, 0.05) is 19.4 Å². The van der Waals surface area contributed by atoms with Crippen LogP contribution in [-0.4, -0.2) is 31.0 Å². The molecule has 0 aromatic carbocycles. The molecule has 0 bridgehead atoms. The van der Waals surface area contributed by atoms with Gasteiger partial charge < -0.3 is 4.90 Å². The fourth-order valence-corrected chi connectivity index (χ4v) is 2.71. The molecule has 1 aliphatic heterocycles. The van der Waals surface area contributed by atoms with Gasteiger partial charge in [-0.15, -0.1) is 0 Å². The van der Waals surface area contributed by atoms with Gasteiger partial charge in [0.05, 0.1) is 0 Å². The maximum Gasteiger partial charge on any atom is 0.248 e. The molecule has 0 atom stereocenters. The molecule has 1 saturated carbocycles. The van der Waals surface area contributed by atoms with Crippen molar-refractivity contribution in [1.82, 2.24) is 4.90 Å². The van der Waals surface area contributed by atoms with E-state index in [2.05, 4.69) is 11.9 Å². The largest absolute Gasteiger partial charge is 0.306 e. The Morgan fingerprint density at radius 3 is 2.08 bits per heavy atom. The molecular formula is C10H17F2N. The third-order valence-electron chi connectivity index (χ3n) is 3.67. The number of alkyl halides is 2.